The summed E-state index contributed by atoms with van der Waals surface area (Å²) in [5.74, 6) is 0.696. The van der Waals surface area contributed by atoms with Gasteiger partial charge in [0.25, 0.3) is 5.91 Å². The summed E-state index contributed by atoms with van der Waals surface area (Å²) in [6.07, 6.45) is 5.51. The summed E-state index contributed by atoms with van der Waals surface area (Å²) in [6.45, 7) is 5.78. The van der Waals surface area contributed by atoms with Gasteiger partial charge in [0.15, 0.2) is 5.96 Å². The second-order valence-electron chi connectivity index (χ2n) is 8.89. The first-order chi connectivity index (χ1) is 15.6. The number of aliphatic imine (C=N–C) groups is 1. The van der Waals surface area contributed by atoms with Crippen LogP contribution < -0.4 is 10.6 Å². The van der Waals surface area contributed by atoms with Gasteiger partial charge in [-0.2, -0.15) is 0 Å². The Morgan fingerprint density at radius 3 is 2.47 bits per heavy atom. The maximum Gasteiger partial charge on any atom is 0.253 e. The Hall–Kier alpha value is -2.89. The van der Waals surface area contributed by atoms with Crippen molar-refractivity contribution < 1.29 is 9.18 Å². The van der Waals surface area contributed by atoms with Crippen molar-refractivity contribution in [2.24, 2.45) is 4.99 Å². The number of amides is 1. The molecular formula is C26H33FN4O. The molecule has 0 radical (unpaired) electrons. The van der Waals surface area contributed by atoms with Crippen molar-refractivity contribution in [1.29, 1.82) is 0 Å². The fraction of sp³-hybridized carbons (Fsp3) is 0.462. The van der Waals surface area contributed by atoms with Crippen LogP contribution in [0, 0.1) is 5.82 Å². The van der Waals surface area contributed by atoms with Gasteiger partial charge in [0.05, 0.1) is 6.54 Å². The molecule has 1 aliphatic carbocycles. The van der Waals surface area contributed by atoms with E-state index in [4.69, 9.17) is 4.99 Å². The van der Waals surface area contributed by atoms with Crippen molar-refractivity contribution in [1.82, 2.24) is 15.5 Å². The minimum atomic E-state index is -0.184. The molecule has 1 saturated carbocycles. The summed E-state index contributed by atoms with van der Waals surface area (Å²) in [5, 5.41) is 6.73. The molecule has 2 fully saturated rings. The number of rotatable bonds is 7. The fourth-order valence-corrected chi connectivity index (χ4v) is 4.33. The number of carbonyl (C=O) groups is 1. The first-order valence-electron chi connectivity index (χ1n) is 11.8. The third-order valence-corrected chi connectivity index (χ3v) is 6.49. The predicted molar refractivity (Wildman–Crippen MR) is 126 cm³/mol. The molecule has 2 N–H and O–H groups in total. The van der Waals surface area contributed by atoms with Crippen molar-refractivity contribution in [3.63, 3.8) is 0 Å². The lowest BCUT2D eigenvalue weighted by atomic mass is 9.96. The predicted octanol–water partition coefficient (Wildman–Crippen LogP) is 4.24. The molecule has 2 aliphatic rings. The summed E-state index contributed by atoms with van der Waals surface area (Å²) < 4.78 is 13.7. The van der Waals surface area contributed by atoms with Crippen molar-refractivity contribution >= 4 is 11.9 Å². The normalized spacial score (nSPS) is 17.7. The molecule has 1 aliphatic heterocycles. The van der Waals surface area contributed by atoms with Gasteiger partial charge in [0, 0.05) is 37.2 Å². The molecule has 2 aromatic rings. The van der Waals surface area contributed by atoms with E-state index in [9.17, 15) is 9.18 Å². The van der Waals surface area contributed by atoms with Crippen molar-refractivity contribution in [3.8, 4) is 0 Å². The van der Waals surface area contributed by atoms with Crippen molar-refractivity contribution in [2.75, 3.05) is 26.2 Å². The van der Waals surface area contributed by atoms with Gasteiger partial charge >= 0.3 is 0 Å². The van der Waals surface area contributed by atoms with Crippen LogP contribution in [0.3, 0.4) is 0 Å². The van der Waals surface area contributed by atoms with E-state index in [2.05, 4.69) is 10.6 Å². The molecule has 0 spiro atoms. The van der Waals surface area contributed by atoms with E-state index in [1.807, 2.05) is 42.2 Å². The van der Waals surface area contributed by atoms with Crippen molar-refractivity contribution in [2.45, 2.75) is 51.0 Å². The Bertz CT molecular complexity index is 947. The number of halogens is 1. The van der Waals surface area contributed by atoms with Gasteiger partial charge in [0.1, 0.15) is 5.82 Å². The first kappa shape index (κ1) is 22.3. The van der Waals surface area contributed by atoms with Gasteiger partial charge in [-0.05, 0) is 74.4 Å². The largest absolute Gasteiger partial charge is 0.357 e. The molecule has 1 heterocycles. The fourth-order valence-electron chi connectivity index (χ4n) is 4.33. The third kappa shape index (κ3) is 5.47. The molecule has 0 atom stereocenters. The minimum Gasteiger partial charge on any atom is -0.357 e. The lowest BCUT2D eigenvalue weighted by Crippen LogP contribution is -2.41. The maximum absolute atomic E-state index is 13.7. The summed E-state index contributed by atoms with van der Waals surface area (Å²) >= 11 is 0. The van der Waals surface area contributed by atoms with Crippen LogP contribution in [0.15, 0.2) is 53.5 Å². The van der Waals surface area contributed by atoms with Gasteiger partial charge in [0.2, 0.25) is 0 Å². The Morgan fingerprint density at radius 1 is 1.06 bits per heavy atom. The lowest BCUT2D eigenvalue weighted by Gasteiger charge is -2.26. The Balaban J connectivity index is 1.35. The highest BCUT2D eigenvalue weighted by molar-refractivity contribution is 5.94. The molecule has 0 bridgehead atoms. The number of guanidine groups is 1. The molecule has 5 nitrogen and oxygen atoms in total. The monoisotopic (exact) mass is 436 g/mol. The van der Waals surface area contributed by atoms with Crippen LogP contribution in [-0.4, -0.2) is 42.9 Å². The zero-order valence-corrected chi connectivity index (χ0v) is 18.9. The average molecular weight is 437 g/mol. The SMILES string of the molecule is CCNC(=NCc1ccc(C(=O)N2CCCCC2)cc1)NCC1(c2cccc(F)c2)CC1. The molecule has 6 heteroatoms. The molecule has 1 amide bonds. The number of nitrogens with zero attached hydrogens (tertiary/aromatic N) is 2. The van der Waals surface area contributed by atoms with E-state index < -0.39 is 0 Å². The number of hydrogen-bond acceptors (Lipinski definition) is 2. The van der Waals surface area contributed by atoms with Gasteiger partial charge in [-0.25, -0.2) is 9.38 Å². The standard InChI is InChI=1S/C26H33FN4O/c1-2-28-25(30-19-26(13-14-26)22-7-6-8-23(27)17-22)29-18-20-9-11-21(12-10-20)24(32)31-15-4-3-5-16-31/h6-12,17H,2-5,13-16,18-19H2,1H3,(H2,28,29,30). The highest BCUT2D eigenvalue weighted by Crippen LogP contribution is 2.47. The van der Waals surface area contributed by atoms with Crippen molar-refractivity contribution in [3.05, 3.63) is 71.0 Å². The first-order valence-corrected chi connectivity index (χ1v) is 11.8. The molecule has 170 valence electrons. The molecule has 4 rings (SSSR count). The molecular weight excluding hydrogens is 403 g/mol. The van der Waals surface area contributed by atoms with Gasteiger partial charge in [-0.15, -0.1) is 0 Å². The molecule has 2 aromatic carbocycles. The molecule has 32 heavy (non-hydrogen) atoms. The summed E-state index contributed by atoms with van der Waals surface area (Å²) in [5.41, 5.74) is 2.85. The molecule has 0 aromatic heterocycles. The number of benzene rings is 2. The van der Waals surface area contributed by atoms with Crippen LogP contribution in [0.25, 0.3) is 0 Å². The minimum absolute atomic E-state index is 0.00520. The van der Waals surface area contributed by atoms with Crippen LogP contribution in [0.5, 0.6) is 0 Å². The van der Waals surface area contributed by atoms with Crippen LogP contribution in [0.4, 0.5) is 4.39 Å². The van der Waals surface area contributed by atoms with Crippen LogP contribution >= 0.6 is 0 Å². The van der Waals surface area contributed by atoms with Crippen LogP contribution in [0.1, 0.15) is 60.5 Å². The van der Waals surface area contributed by atoms with Crippen LogP contribution in [0.2, 0.25) is 0 Å². The van der Waals surface area contributed by atoms with E-state index in [0.717, 1.165) is 74.5 Å². The number of nitrogens with one attached hydrogen (secondary N) is 2. The smallest absolute Gasteiger partial charge is 0.253 e. The topological polar surface area (TPSA) is 56.7 Å². The van der Waals surface area contributed by atoms with E-state index in [0.29, 0.717) is 6.54 Å². The zero-order valence-electron chi connectivity index (χ0n) is 18.9. The van der Waals surface area contributed by atoms with Crippen LogP contribution in [-0.2, 0) is 12.0 Å². The van der Waals surface area contributed by atoms with E-state index in [-0.39, 0.29) is 17.1 Å². The highest BCUT2D eigenvalue weighted by Gasteiger charge is 2.44. The zero-order chi connectivity index (χ0) is 22.4. The maximum atomic E-state index is 13.7. The summed E-state index contributed by atoms with van der Waals surface area (Å²) in [4.78, 5) is 19.3. The number of carbonyl (C=O) groups excluding carboxylic acids is 1. The average Bonchev–Trinajstić information content (AvgIpc) is 3.63. The Kier molecular flexibility index (Phi) is 7.08. The lowest BCUT2D eigenvalue weighted by molar-refractivity contribution is 0.0724. The molecule has 0 unspecified atom stereocenters. The quantitative estimate of drug-likeness (QED) is 0.504. The van der Waals surface area contributed by atoms with Gasteiger partial charge in [-0.1, -0.05) is 24.3 Å². The molecule has 1 saturated heterocycles. The Labute approximate surface area is 190 Å². The highest BCUT2D eigenvalue weighted by atomic mass is 19.1. The van der Waals surface area contributed by atoms with E-state index in [1.54, 1.807) is 12.1 Å². The second-order valence-corrected chi connectivity index (χ2v) is 8.89. The summed E-state index contributed by atoms with van der Waals surface area (Å²) in [7, 11) is 0. The Morgan fingerprint density at radius 2 is 1.81 bits per heavy atom. The number of likely N-dealkylation sites (tertiary alicyclic amines) is 1. The van der Waals surface area contributed by atoms with Gasteiger partial charge < -0.3 is 15.5 Å². The number of hydrogen-bond donors (Lipinski definition) is 2. The second kappa shape index (κ2) is 10.2. The van der Waals surface area contributed by atoms with E-state index in [1.165, 1.54) is 12.5 Å². The third-order valence-electron chi connectivity index (χ3n) is 6.49. The van der Waals surface area contributed by atoms with Gasteiger partial charge in [-0.3, -0.25) is 4.79 Å². The number of piperidine rings is 1. The summed E-state index contributed by atoms with van der Waals surface area (Å²) in [6, 6.07) is 14.7. The van der Waals surface area contributed by atoms with E-state index >= 15 is 0 Å².